The van der Waals surface area contributed by atoms with Gasteiger partial charge in [-0.3, -0.25) is 9.36 Å². The van der Waals surface area contributed by atoms with Crippen LogP contribution in [0.5, 0.6) is 0 Å². The molecule has 1 aliphatic heterocycles. The van der Waals surface area contributed by atoms with Crippen molar-refractivity contribution in [3.05, 3.63) is 45.9 Å². The van der Waals surface area contributed by atoms with Gasteiger partial charge in [-0.25, -0.2) is 0 Å². The molecule has 3 nitrogen and oxygen atoms in total. The van der Waals surface area contributed by atoms with Gasteiger partial charge in [0, 0.05) is 31.4 Å². The van der Waals surface area contributed by atoms with Crippen molar-refractivity contribution < 1.29 is 4.79 Å². The maximum Gasteiger partial charge on any atom is 0.272 e. The summed E-state index contributed by atoms with van der Waals surface area (Å²) in [5.41, 5.74) is 2.41. The topological polar surface area (TPSA) is 34.0 Å². The lowest BCUT2D eigenvalue weighted by molar-refractivity contribution is 0.0961. The highest BCUT2D eigenvalue weighted by atomic mass is 32.1. The highest BCUT2D eigenvalue weighted by Gasteiger charge is 2.18. The van der Waals surface area contributed by atoms with Crippen molar-refractivity contribution in [1.29, 1.82) is 0 Å². The first kappa shape index (κ1) is 9.81. The average Bonchev–Trinajstić information content (AvgIpc) is 2.98. The standard InChI is InChI=1S/C12H12N2OS/c15-12(11-2-1-7-16-11)14-6-4-9-8-13-5-3-10(9)14/h1-2,4,6-7,13H,3,5,8H2. The Morgan fingerprint density at radius 2 is 2.38 bits per heavy atom. The maximum atomic E-state index is 12.2. The number of carbonyl (C=O) groups excluding carboxylic acids is 1. The first-order valence-electron chi connectivity index (χ1n) is 5.34. The molecule has 2 aromatic heterocycles. The molecule has 2 aromatic rings. The fraction of sp³-hybridized carbons (Fsp3) is 0.250. The number of rotatable bonds is 1. The maximum absolute atomic E-state index is 12.2. The number of thiophene rings is 1. The van der Waals surface area contributed by atoms with Crippen LogP contribution in [0.25, 0.3) is 0 Å². The number of nitrogens with zero attached hydrogens (tertiary/aromatic N) is 1. The van der Waals surface area contributed by atoms with Crippen molar-refractivity contribution >= 4 is 17.2 Å². The summed E-state index contributed by atoms with van der Waals surface area (Å²) in [6.07, 6.45) is 2.82. The van der Waals surface area contributed by atoms with E-state index in [4.69, 9.17) is 0 Å². The molecule has 0 spiro atoms. The first-order valence-corrected chi connectivity index (χ1v) is 6.22. The molecule has 82 valence electrons. The molecule has 0 radical (unpaired) electrons. The third kappa shape index (κ3) is 1.50. The molecule has 1 N–H and O–H groups in total. The average molecular weight is 232 g/mol. The fourth-order valence-electron chi connectivity index (χ4n) is 2.09. The van der Waals surface area contributed by atoms with Gasteiger partial charge in [-0.15, -0.1) is 11.3 Å². The lowest BCUT2D eigenvalue weighted by Crippen LogP contribution is -2.26. The van der Waals surface area contributed by atoms with Crippen LogP contribution < -0.4 is 5.32 Å². The minimum atomic E-state index is 0.0955. The third-order valence-corrected chi connectivity index (χ3v) is 3.75. The lowest BCUT2D eigenvalue weighted by atomic mass is 10.1. The molecular formula is C12H12N2OS. The fourth-order valence-corrected chi connectivity index (χ4v) is 2.75. The molecule has 3 heterocycles. The molecule has 3 rings (SSSR count). The molecule has 0 saturated heterocycles. The van der Waals surface area contributed by atoms with Gasteiger partial charge in [0.2, 0.25) is 0 Å². The minimum absolute atomic E-state index is 0.0955. The lowest BCUT2D eigenvalue weighted by Gasteiger charge is -2.15. The molecule has 0 amide bonds. The van der Waals surface area contributed by atoms with Crippen LogP contribution in [-0.2, 0) is 13.0 Å². The summed E-state index contributed by atoms with van der Waals surface area (Å²) in [6.45, 7) is 1.83. The van der Waals surface area contributed by atoms with Crippen LogP contribution >= 0.6 is 11.3 Å². The molecule has 0 aliphatic carbocycles. The highest BCUT2D eigenvalue weighted by Crippen LogP contribution is 2.18. The monoisotopic (exact) mass is 232 g/mol. The molecule has 0 fully saturated rings. The highest BCUT2D eigenvalue weighted by molar-refractivity contribution is 7.12. The Kier molecular flexibility index (Phi) is 2.38. The second kappa shape index (κ2) is 3.88. The van der Waals surface area contributed by atoms with E-state index in [0.29, 0.717) is 0 Å². The summed E-state index contributed by atoms with van der Waals surface area (Å²) in [5, 5.41) is 5.24. The molecule has 0 unspecified atom stereocenters. The largest absolute Gasteiger partial charge is 0.312 e. The molecule has 0 aromatic carbocycles. The van der Waals surface area contributed by atoms with Crippen molar-refractivity contribution in [1.82, 2.24) is 9.88 Å². The predicted molar refractivity (Wildman–Crippen MR) is 63.9 cm³/mol. The van der Waals surface area contributed by atoms with Crippen LogP contribution in [0.15, 0.2) is 29.8 Å². The Balaban J connectivity index is 2.01. The van der Waals surface area contributed by atoms with Gasteiger partial charge in [-0.05, 0) is 23.1 Å². The molecule has 1 aliphatic rings. The van der Waals surface area contributed by atoms with Crippen molar-refractivity contribution in [2.45, 2.75) is 13.0 Å². The van der Waals surface area contributed by atoms with Gasteiger partial charge in [0.25, 0.3) is 5.91 Å². The van der Waals surface area contributed by atoms with Crippen LogP contribution in [0.3, 0.4) is 0 Å². The van der Waals surface area contributed by atoms with Crippen molar-refractivity contribution in [3.8, 4) is 0 Å². The Bertz CT molecular complexity index is 513. The minimum Gasteiger partial charge on any atom is -0.312 e. The summed E-state index contributed by atoms with van der Waals surface area (Å²) < 4.78 is 1.79. The van der Waals surface area contributed by atoms with E-state index in [2.05, 4.69) is 5.32 Å². The summed E-state index contributed by atoms with van der Waals surface area (Å²) in [4.78, 5) is 13.0. The number of fused-ring (bicyclic) bond motifs is 1. The van der Waals surface area contributed by atoms with Crippen molar-refractivity contribution in [3.63, 3.8) is 0 Å². The van der Waals surface area contributed by atoms with Crippen LogP contribution in [0, 0.1) is 0 Å². The Hall–Kier alpha value is -1.39. The van der Waals surface area contributed by atoms with E-state index in [0.717, 1.165) is 30.1 Å². The Labute approximate surface area is 97.7 Å². The quantitative estimate of drug-likeness (QED) is 0.814. The van der Waals surface area contributed by atoms with Gasteiger partial charge in [0.15, 0.2) is 0 Å². The van der Waals surface area contributed by atoms with E-state index >= 15 is 0 Å². The van der Waals surface area contributed by atoms with E-state index in [9.17, 15) is 4.79 Å². The summed E-state index contributed by atoms with van der Waals surface area (Å²) >= 11 is 1.49. The molecule has 0 atom stereocenters. The molecule has 0 bridgehead atoms. The van der Waals surface area contributed by atoms with Gasteiger partial charge >= 0.3 is 0 Å². The van der Waals surface area contributed by atoms with Gasteiger partial charge in [0.1, 0.15) is 0 Å². The zero-order valence-electron chi connectivity index (χ0n) is 8.77. The molecule has 4 heteroatoms. The van der Waals surface area contributed by atoms with Gasteiger partial charge in [-0.1, -0.05) is 6.07 Å². The second-order valence-corrected chi connectivity index (χ2v) is 4.81. The summed E-state index contributed by atoms with van der Waals surface area (Å²) in [7, 11) is 0. The SMILES string of the molecule is O=C(c1cccs1)n1ccc2c1CCNC2. The van der Waals surface area contributed by atoms with E-state index in [1.54, 1.807) is 4.57 Å². The Morgan fingerprint density at radius 3 is 3.19 bits per heavy atom. The van der Waals surface area contributed by atoms with Crippen LogP contribution in [0.1, 0.15) is 20.9 Å². The van der Waals surface area contributed by atoms with Crippen molar-refractivity contribution in [2.24, 2.45) is 0 Å². The van der Waals surface area contributed by atoms with Gasteiger partial charge in [0.05, 0.1) is 4.88 Å². The zero-order valence-corrected chi connectivity index (χ0v) is 9.59. The van der Waals surface area contributed by atoms with Crippen LogP contribution in [0.4, 0.5) is 0 Å². The van der Waals surface area contributed by atoms with E-state index in [1.807, 2.05) is 29.8 Å². The molecule has 16 heavy (non-hydrogen) atoms. The van der Waals surface area contributed by atoms with Gasteiger partial charge in [-0.2, -0.15) is 0 Å². The second-order valence-electron chi connectivity index (χ2n) is 3.87. The van der Waals surface area contributed by atoms with E-state index in [1.165, 1.54) is 16.9 Å². The number of hydrogen-bond donors (Lipinski definition) is 1. The smallest absolute Gasteiger partial charge is 0.272 e. The molecule has 0 saturated carbocycles. The van der Waals surface area contributed by atoms with E-state index in [-0.39, 0.29) is 5.91 Å². The number of carbonyl (C=O) groups is 1. The van der Waals surface area contributed by atoms with Crippen molar-refractivity contribution in [2.75, 3.05) is 6.54 Å². The van der Waals surface area contributed by atoms with Crippen LogP contribution in [-0.4, -0.2) is 17.0 Å². The predicted octanol–water partition coefficient (Wildman–Crippen LogP) is 1.88. The zero-order chi connectivity index (χ0) is 11.0. The summed E-state index contributed by atoms with van der Waals surface area (Å²) in [6, 6.07) is 5.82. The third-order valence-electron chi connectivity index (χ3n) is 2.89. The number of hydrogen-bond acceptors (Lipinski definition) is 3. The Morgan fingerprint density at radius 1 is 1.44 bits per heavy atom. The van der Waals surface area contributed by atoms with Crippen LogP contribution in [0.2, 0.25) is 0 Å². The first-order chi connectivity index (χ1) is 7.86. The van der Waals surface area contributed by atoms with E-state index < -0.39 is 0 Å². The number of nitrogens with one attached hydrogen (secondary N) is 1. The number of aromatic nitrogens is 1. The summed E-state index contributed by atoms with van der Waals surface area (Å²) in [5.74, 6) is 0.0955. The molecular weight excluding hydrogens is 220 g/mol. The van der Waals surface area contributed by atoms with Gasteiger partial charge < -0.3 is 5.32 Å². The normalized spacial score (nSPS) is 14.8.